The maximum atomic E-state index is 6.68. The summed E-state index contributed by atoms with van der Waals surface area (Å²) in [6.07, 6.45) is 11.0. The molecule has 53 heavy (non-hydrogen) atoms. The fourth-order valence-corrected chi connectivity index (χ4v) is 10.1. The number of benzene rings is 7. The predicted octanol–water partition coefficient (Wildman–Crippen LogP) is 14.3. The third kappa shape index (κ3) is 5.11. The second kappa shape index (κ2) is 12.2. The molecule has 1 aromatic heterocycles. The zero-order valence-corrected chi connectivity index (χ0v) is 31.4. The van der Waals surface area contributed by atoms with E-state index >= 15 is 0 Å². The Morgan fingerprint density at radius 1 is 0.566 bits per heavy atom. The smallest absolute Gasteiger partial charge is 0.138 e. The minimum atomic E-state index is 0.0285. The van der Waals surface area contributed by atoms with Gasteiger partial charge in [-0.1, -0.05) is 141 Å². The van der Waals surface area contributed by atoms with Gasteiger partial charge >= 0.3 is 0 Å². The van der Waals surface area contributed by atoms with Crippen molar-refractivity contribution in [3.8, 4) is 5.75 Å². The number of fused-ring (bicyclic) bond motifs is 9. The van der Waals surface area contributed by atoms with E-state index in [0.29, 0.717) is 0 Å². The highest BCUT2D eigenvalue weighted by atomic mass is 32.1. The van der Waals surface area contributed by atoms with Gasteiger partial charge in [0.2, 0.25) is 0 Å². The van der Waals surface area contributed by atoms with Crippen LogP contribution in [0.2, 0.25) is 0 Å². The van der Waals surface area contributed by atoms with E-state index in [4.69, 9.17) is 4.74 Å². The van der Waals surface area contributed by atoms with E-state index in [1.807, 2.05) is 11.3 Å². The molecule has 0 spiro atoms. The van der Waals surface area contributed by atoms with Crippen LogP contribution in [0.1, 0.15) is 55.5 Å². The van der Waals surface area contributed by atoms with Crippen LogP contribution in [-0.2, 0) is 18.3 Å². The molecule has 0 atom stereocenters. The van der Waals surface area contributed by atoms with Gasteiger partial charge in [0.15, 0.2) is 0 Å². The zero-order valence-electron chi connectivity index (χ0n) is 30.6. The first kappa shape index (κ1) is 32.0. The third-order valence-electron chi connectivity index (χ3n) is 11.8. The minimum Gasteiger partial charge on any atom is -0.460 e. The van der Waals surface area contributed by atoms with Gasteiger partial charge in [0.05, 0.1) is 0 Å². The Kier molecular flexibility index (Phi) is 7.36. The highest BCUT2D eigenvalue weighted by Gasteiger charge is 2.33. The van der Waals surface area contributed by atoms with Gasteiger partial charge in [-0.05, 0) is 105 Å². The van der Waals surface area contributed by atoms with Gasteiger partial charge in [0.25, 0.3) is 0 Å². The summed E-state index contributed by atoms with van der Waals surface area (Å²) < 4.78 is 9.33. The van der Waals surface area contributed by atoms with E-state index < -0.39 is 0 Å². The minimum absolute atomic E-state index is 0.0285. The largest absolute Gasteiger partial charge is 0.460 e. The van der Waals surface area contributed by atoms with Crippen molar-refractivity contribution >= 4 is 75.0 Å². The van der Waals surface area contributed by atoms with Crippen molar-refractivity contribution in [3.05, 3.63) is 185 Å². The van der Waals surface area contributed by atoms with Crippen LogP contribution in [0.15, 0.2) is 157 Å². The molecule has 0 fully saturated rings. The Morgan fingerprint density at radius 3 is 1.85 bits per heavy atom. The van der Waals surface area contributed by atoms with E-state index in [1.165, 1.54) is 97.0 Å². The van der Waals surface area contributed by atoms with Crippen molar-refractivity contribution in [1.82, 2.24) is 0 Å². The highest BCUT2D eigenvalue weighted by molar-refractivity contribution is 7.25. The summed E-state index contributed by atoms with van der Waals surface area (Å²) in [5.41, 5.74) is 10.7. The van der Waals surface area contributed by atoms with Gasteiger partial charge in [-0.15, -0.1) is 11.3 Å². The van der Waals surface area contributed by atoms with Crippen molar-refractivity contribution in [2.24, 2.45) is 0 Å². The summed E-state index contributed by atoms with van der Waals surface area (Å²) in [5, 5.41) is 10.2. The molecular formula is C51H40OS. The molecule has 0 saturated heterocycles. The van der Waals surface area contributed by atoms with E-state index in [9.17, 15) is 0 Å². The molecule has 256 valence electrons. The molecule has 0 bridgehead atoms. The van der Waals surface area contributed by atoms with E-state index in [2.05, 4.69) is 173 Å². The molecule has 0 amide bonds. The fraction of sp³-hybridized carbons (Fsp3) is 0.137. The second-order valence-electron chi connectivity index (χ2n) is 15.3. The van der Waals surface area contributed by atoms with E-state index in [0.717, 1.165) is 24.4 Å². The first-order valence-corrected chi connectivity index (χ1v) is 19.5. The lowest BCUT2D eigenvalue weighted by Crippen LogP contribution is -2.15. The molecule has 2 heterocycles. The van der Waals surface area contributed by atoms with Crippen molar-refractivity contribution < 1.29 is 4.74 Å². The normalized spacial score (nSPS) is 17.1. The quantitative estimate of drug-likeness (QED) is 0.166. The molecule has 0 saturated carbocycles. The SMILES string of the molecule is C/C(=C\C=C1/Cc2ccc3cc4sc5ccccc5c4cc3c2O1)c1c2ccccc2c(/C(C)=C/C=C2\Cc3ccccc3C2(C)C)c2ccccc12. The number of hydrogen-bond acceptors (Lipinski definition) is 2. The lowest BCUT2D eigenvalue weighted by molar-refractivity contribution is 0.451. The molecule has 8 aromatic rings. The van der Waals surface area contributed by atoms with Crippen LogP contribution in [0.3, 0.4) is 0 Å². The Labute approximate surface area is 314 Å². The summed E-state index contributed by atoms with van der Waals surface area (Å²) >= 11 is 1.86. The van der Waals surface area contributed by atoms with Gasteiger partial charge in [0.1, 0.15) is 11.5 Å². The standard InChI is InChI=1S/C51H40OS/c1-31(21-25-36-27-34-13-5-11-19-45(34)51(36,3)4)48-39-15-6-8-17-41(39)49(42-18-9-7-16-40(42)48)32(2)22-26-37-28-35-24-23-33-29-47-44(30-43(33)50(35)52-37)38-14-10-12-20-46(38)53-47/h5-26,29-30H,27-28H2,1-4H3/b31-21+,32-22+,36-25+,37-26+. The molecule has 10 rings (SSSR count). The average molecular weight is 701 g/mol. The topological polar surface area (TPSA) is 9.23 Å². The highest BCUT2D eigenvalue weighted by Crippen LogP contribution is 2.45. The van der Waals surface area contributed by atoms with Gasteiger partial charge in [-0.2, -0.15) is 0 Å². The molecule has 2 heteroatoms. The van der Waals surface area contributed by atoms with Gasteiger partial charge in [-0.3, -0.25) is 0 Å². The van der Waals surface area contributed by atoms with Gasteiger partial charge < -0.3 is 4.74 Å². The van der Waals surface area contributed by atoms with Crippen LogP contribution in [0.5, 0.6) is 5.75 Å². The van der Waals surface area contributed by atoms with Crippen LogP contribution in [-0.4, -0.2) is 0 Å². The number of hydrogen-bond donors (Lipinski definition) is 0. The fourth-order valence-electron chi connectivity index (χ4n) is 9.01. The summed E-state index contributed by atoms with van der Waals surface area (Å²) in [7, 11) is 0. The number of rotatable bonds is 4. The lowest BCUT2D eigenvalue weighted by Gasteiger charge is -2.22. The van der Waals surface area contributed by atoms with Crippen LogP contribution in [0, 0.1) is 0 Å². The van der Waals surface area contributed by atoms with Crippen molar-refractivity contribution in [3.63, 3.8) is 0 Å². The number of ether oxygens (including phenoxy) is 1. The van der Waals surface area contributed by atoms with Crippen LogP contribution in [0.4, 0.5) is 0 Å². The first-order chi connectivity index (χ1) is 25.8. The monoisotopic (exact) mass is 700 g/mol. The zero-order chi connectivity index (χ0) is 35.8. The third-order valence-corrected chi connectivity index (χ3v) is 12.9. The van der Waals surface area contributed by atoms with E-state index in [1.54, 1.807) is 0 Å². The molecule has 2 aliphatic rings. The molecule has 0 N–H and O–H groups in total. The molecule has 7 aromatic carbocycles. The van der Waals surface area contributed by atoms with Gasteiger partial charge in [-0.25, -0.2) is 0 Å². The van der Waals surface area contributed by atoms with Crippen molar-refractivity contribution in [1.29, 1.82) is 0 Å². The molecule has 1 nitrogen and oxygen atoms in total. The van der Waals surface area contributed by atoms with Crippen molar-refractivity contribution in [2.75, 3.05) is 0 Å². The number of allylic oxidation sites excluding steroid dienone is 8. The average Bonchev–Trinajstić information content (AvgIpc) is 3.85. The van der Waals surface area contributed by atoms with E-state index in [-0.39, 0.29) is 5.41 Å². The first-order valence-electron chi connectivity index (χ1n) is 18.7. The summed E-state index contributed by atoms with van der Waals surface area (Å²) in [6, 6.07) is 44.6. The lowest BCUT2D eigenvalue weighted by atomic mass is 9.82. The van der Waals surface area contributed by atoms with Crippen LogP contribution < -0.4 is 4.74 Å². The van der Waals surface area contributed by atoms with Gasteiger partial charge in [0, 0.05) is 43.0 Å². The molecule has 1 aliphatic heterocycles. The Hall–Kier alpha value is -5.70. The summed E-state index contributed by atoms with van der Waals surface area (Å²) in [6.45, 7) is 9.24. The predicted molar refractivity (Wildman–Crippen MR) is 229 cm³/mol. The van der Waals surface area contributed by atoms with Crippen LogP contribution in [0.25, 0.3) is 63.6 Å². The molecule has 1 aliphatic carbocycles. The molecule has 0 radical (unpaired) electrons. The molecular weight excluding hydrogens is 661 g/mol. The molecule has 0 unspecified atom stereocenters. The Balaban J connectivity index is 1.03. The Bertz CT molecular complexity index is 2900. The van der Waals surface area contributed by atoms with Crippen molar-refractivity contribution in [2.45, 2.75) is 46.0 Å². The number of thiophene rings is 1. The summed E-state index contributed by atoms with van der Waals surface area (Å²) in [5.74, 6) is 1.98. The maximum Gasteiger partial charge on any atom is 0.138 e. The van der Waals surface area contributed by atoms with Crippen LogP contribution >= 0.6 is 11.3 Å². The Morgan fingerprint density at radius 2 is 1.17 bits per heavy atom. The second-order valence-corrected chi connectivity index (χ2v) is 16.4. The summed E-state index contributed by atoms with van der Waals surface area (Å²) in [4.78, 5) is 0. The maximum absolute atomic E-state index is 6.68.